The molecule has 1 aromatic heterocycles. The normalized spacial score (nSPS) is 11.5. The molecule has 0 spiro atoms. The summed E-state index contributed by atoms with van der Waals surface area (Å²) in [6, 6.07) is 12.8. The van der Waals surface area contributed by atoms with E-state index in [9.17, 15) is 18.5 Å². The zero-order valence-corrected chi connectivity index (χ0v) is 22.4. The van der Waals surface area contributed by atoms with Gasteiger partial charge in [0.2, 0.25) is 15.0 Å². The number of aryl methyl sites for hydroxylation is 2. The molecule has 0 saturated heterocycles. The zero-order chi connectivity index (χ0) is 27.0. The minimum absolute atomic E-state index is 0.0339. The summed E-state index contributed by atoms with van der Waals surface area (Å²) in [6.45, 7) is 6.84. The predicted octanol–water partition coefficient (Wildman–Crippen LogP) is 3.96. The van der Waals surface area contributed by atoms with Crippen LogP contribution in [0.3, 0.4) is 0 Å². The number of nitrogens with one attached hydrogen (secondary N) is 1. The number of nitriles is 1. The van der Waals surface area contributed by atoms with Crippen LogP contribution in [0.4, 0.5) is 5.13 Å². The molecule has 0 saturated carbocycles. The highest BCUT2D eigenvalue weighted by Gasteiger charge is 2.18. The SMILES string of the molecule is CCOc1cc(C=C(C#N)C(=O)Nc2nc(S(C)(=O)=O)ns2)ccc1OCCOc1cc(C)cc(C)c1. The van der Waals surface area contributed by atoms with Crippen LogP contribution in [0.2, 0.25) is 0 Å². The Bertz CT molecular complexity index is 1440. The van der Waals surface area contributed by atoms with Crippen LogP contribution in [0, 0.1) is 25.2 Å². The first kappa shape index (κ1) is 27.6. The number of carbonyl (C=O) groups excluding carboxylic acids is 1. The Labute approximate surface area is 219 Å². The molecule has 0 aliphatic rings. The Morgan fingerprint density at radius 3 is 2.41 bits per heavy atom. The van der Waals surface area contributed by atoms with E-state index in [0.29, 0.717) is 41.8 Å². The fourth-order valence-corrected chi connectivity index (χ4v) is 4.66. The highest BCUT2D eigenvalue weighted by Crippen LogP contribution is 2.29. The summed E-state index contributed by atoms with van der Waals surface area (Å²) in [4.78, 5) is 16.3. The van der Waals surface area contributed by atoms with Crippen LogP contribution in [0.1, 0.15) is 23.6 Å². The van der Waals surface area contributed by atoms with Crippen molar-refractivity contribution < 1.29 is 27.4 Å². The Morgan fingerprint density at radius 1 is 1.08 bits per heavy atom. The molecular weight excluding hydrogens is 516 g/mol. The summed E-state index contributed by atoms with van der Waals surface area (Å²) in [5.41, 5.74) is 2.55. The monoisotopic (exact) mass is 542 g/mol. The van der Waals surface area contributed by atoms with E-state index >= 15 is 0 Å². The van der Waals surface area contributed by atoms with Crippen molar-refractivity contribution in [1.82, 2.24) is 9.36 Å². The van der Waals surface area contributed by atoms with Gasteiger partial charge in [0.15, 0.2) is 11.5 Å². The molecule has 194 valence electrons. The number of carbonyl (C=O) groups is 1. The highest BCUT2D eigenvalue weighted by atomic mass is 32.2. The summed E-state index contributed by atoms with van der Waals surface area (Å²) in [6.07, 6.45) is 2.34. The van der Waals surface area contributed by atoms with Gasteiger partial charge in [-0.05, 0) is 67.8 Å². The van der Waals surface area contributed by atoms with Crippen LogP contribution in [-0.4, -0.2) is 49.8 Å². The lowest BCUT2D eigenvalue weighted by Gasteiger charge is -2.13. The number of benzene rings is 2. The topological polar surface area (TPSA) is 140 Å². The molecule has 1 heterocycles. The number of hydrogen-bond donors (Lipinski definition) is 1. The van der Waals surface area contributed by atoms with Crippen LogP contribution < -0.4 is 19.5 Å². The Balaban J connectivity index is 1.68. The van der Waals surface area contributed by atoms with Gasteiger partial charge in [0, 0.05) is 17.8 Å². The third-order valence-electron chi connectivity index (χ3n) is 4.71. The van der Waals surface area contributed by atoms with Gasteiger partial charge in [0.05, 0.1) is 6.61 Å². The molecule has 12 heteroatoms. The summed E-state index contributed by atoms with van der Waals surface area (Å²) >= 11 is 0.704. The third kappa shape index (κ3) is 8.03. The summed E-state index contributed by atoms with van der Waals surface area (Å²) in [5, 5.41) is 11.5. The smallest absolute Gasteiger partial charge is 0.268 e. The molecule has 0 aliphatic heterocycles. The van der Waals surface area contributed by atoms with Crippen molar-refractivity contribution in [3.63, 3.8) is 0 Å². The van der Waals surface area contributed by atoms with Gasteiger partial charge >= 0.3 is 0 Å². The lowest BCUT2D eigenvalue weighted by atomic mass is 10.1. The number of hydrogen-bond acceptors (Lipinski definition) is 10. The maximum absolute atomic E-state index is 12.5. The van der Waals surface area contributed by atoms with Crippen molar-refractivity contribution in [1.29, 1.82) is 5.26 Å². The van der Waals surface area contributed by atoms with E-state index in [1.807, 2.05) is 39.0 Å². The summed E-state index contributed by atoms with van der Waals surface area (Å²) in [5.74, 6) is 0.964. The van der Waals surface area contributed by atoms with Crippen LogP contribution in [0.15, 0.2) is 47.1 Å². The number of aromatic nitrogens is 2. The average Bonchev–Trinajstić information content (AvgIpc) is 3.30. The molecule has 0 unspecified atom stereocenters. The van der Waals surface area contributed by atoms with Crippen molar-refractivity contribution >= 4 is 38.5 Å². The fourth-order valence-electron chi connectivity index (χ4n) is 3.22. The van der Waals surface area contributed by atoms with Crippen molar-refractivity contribution in [2.24, 2.45) is 0 Å². The van der Waals surface area contributed by atoms with Gasteiger partial charge in [-0.2, -0.15) is 14.6 Å². The van der Waals surface area contributed by atoms with Gasteiger partial charge in [-0.1, -0.05) is 12.1 Å². The second-order valence-corrected chi connectivity index (χ2v) is 10.6. The predicted molar refractivity (Wildman–Crippen MR) is 140 cm³/mol. The standard InChI is InChI=1S/C25H26N4O6S2/c1-5-33-22-14-18(6-7-21(22)35-9-8-34-20-11-16(2)10-17(3)12-20)13-19(15-26)23(30)27-24-28-25(29-36-24)37(4,31)32/h6-7,10-14H,5,8-9H2,1-4H3,(H,27,28,29,30). The quantitative estimate of drug-likeness (QED) is 0.216. The minimum Gasteiger partial charge on any atom is -0.490 e. The van der Waals surface area contributed by atoms with Crippen molar-refractivity contribution in [2.45, 2.75) is 25.9 Å². The van der Waals surface area contributed by atoms with Gasteiger partial charge in [0.25, 0.3) is 11.1 Å². The second-order valence-electron chi connectivity index (χ2n) is 7.94. The molecule has 3 rings (SSSR count). The number of rotatable bonds is 11. The van der Waals surface area contributed by atoms with Crippen LogP contribution >= 0.6 is 11.5 Å². The summed E-state index contributed by atoms with van der Waals surface area (Å²) in [7, 11) is -3.61. The van der Waals surface area contributed by atoms with Crippen LogP contribution in [0.5, 0.6) is 17.2 Å². The Morgan fingerprint density at radius 2 is 1.78 bits per heavy atom. The van der Waals surface area contributed by atoms with Crippen molar-refractivity contribution in [3.05, 3.63) is 58.7 Å². The number of ether oxygens (including phenoxy) is 3. The molecule has 0 bridgehead atoms. The lowest BCUT2D eigenvalue weighted by Crippen LogP contribution is -2.13. The average molecular weight is 543 g/mol. The van der Waals surface area contributed by atoms with E-state index in [2.05, 4.69) is 20.7 Å². The Kier molecular flexibility index (Phi) is 9.21. The molecule has 2 aromatic carbocycles. The second kappa shape index (κ2) is 12.3. The van der Waals surface area contributed by atoms with E-state index < -0.39 is 20.9 Å². The van der Waals surface area contributed by atoms with Gasteiger partial charge in [-0.25, -0.2) is 8.42 Å². The number of sulfone groups is 1. The third-order valence-corrected chi connectivity index (χ3v) is 6.30. The van der Waals surface area contributed by atoms with Gasteiger partial charge in [0.1, 0.15) is 30.6 Å². The van der Waals surface area contributed by atoms with Crippen LogP contribution in [-0.2, 0) is 14.6 Å². The number of anilines is 1. The fraction of sp³-hybridized carbons (Fsp3) is 0.280. The van der Waals surface area contributed by atoms with Gasteiger partial charge in [-0.15, -0.1) is 0 Å². The van der Waals surface area contributed by atoms with E-state index in [1.165, 1.54) is 6.08 Å². The molecule has 37 heavy (non-hydrogen) atoms. The first-order chi connectivity index (χ1) is 17.6. The van der Waals surface area contributed by atoms with E-state index in [1.54, 1.807) is 18.2 Å². The van der Waals surface area contributed by atoms with E-state index in [-0.39, 0.29) is 17.3 Å². The molecular formula is C25H26N4O6S2. The van der Waals surface area contributed by atoms with Gasteiger partial charge < -0.3 is 14.2 Å². The largest absolute Gasteiger partial charge is 0.490 e. The molecule has 1 N–H and O–H groups in total. The van der Waals surface area contributed by atoms with E-state index in [4.69, 9.17) is 14.2 Å². The highest BCUT2D eigenvalue weighted by molar-refractivity contribution is 7.90. The number of amides is 1. The molecule has 0 radical (unpaired) electrons. The maximum atomic E-state index is 12.5. The number of nitrogens with zero attached hydrogens (tertiary/aromatic N) is 3. The minimum atomic E-state index is -3.61. The molecule has 0 aliphatic carbocycles. The molecule has 3 aromatic rings. The first-order valence-corrected chi connectivity index (χ1v) is 13.8. The molecule has 0 fully saturated rings. The molecule has 10 nitrogen and oxygen atoms in total. The van der Waals surface area contributed by atoms with Crippen molar-refractivity contribution in [2.75, 3.05) is 31.4 Å². The summed E-state index contributed by atoms with van der Waals surface area (Å²) < 4.78 is 44.0. The van der Waals surface area contributed by atoms with Crippen LogP contribution in [0.25, 0.3) is 6.08 Å². The van der Waals surface area contributed by atoms with Gasteiger partial charge in [-0.3, -0.25) is 10.1 Å². The Hall–Kier alpha value is -3.95. The lowest BCUT2D eigenvalue weighted by molar-refractivity contribution is -0.112. The van der Waals surface area contributed by atoms with Crippen molar-refractivity contribution in [3.8, 4) is 23.3 Å². The maximum Gasteiger partial charge on any atom is 0.268 e. The first-order valence-electron chi connectivity index (χ1n) is 11.2. The zero-order valence-electron chi connectivity index (χ0n) is 20.8. The molecule has 0 atom stereocenters. The molecule has 1 amide bonds. The van der Waals surface area contributed by atoms with E-state index in [0.717, 1.165) is 23.1 Å².